The monoisotopic (exact) mass is 591 g/mol. The second-order valence-corrected chi connectivity index (χ2v) is 12.1. The Bertz CT molecular complexity index is 755. The van der Waals surface area contributed by atoms with Crippen molar-refractivity contribution in [3.8, 4) is 0 Å². The Morgan fingerprint density at radius 2 is 1.31 bits per heavy atom. The third-order valence-electron chi connectivity index (χ3n) is 4.49. The Morgan fingerprint density at radius 3 is 1.69 bits per heavy atom. The fraction of sp³-hybridized carbons (Fsp3) is 1.00. The van der Waals surface area contributed by atoms with Crippen molar-refractivity contribution in [2.75, 3.05) is 46.6 Å². The SMILES string of the molecule is CCO[Si](CCCOCC(O)CN(C)S(=O)(=O)C(F)(F)C(F)(F)C(F)(F)C(F)(F)F)(OCC)OCC. The lowest BCUT2D eigenvalue weighted by atomic mass is 10.1. The molecular weight excluding hydrogens is 561 g/mol. The van der Waals surface area contributed by atoms with Gasteiger partial charge in [-0.3, -0.25) is 0 Å². The molecule has 36 heavy (non-hydrogen) atoms. The van der Waals surface area contributed by atoms with Gasteiger partial charge in [-0.1, -0.05) is 0 Å². The molecule has 0 radical (unpaired) electrons. The van der Waals surface area contributed by atoms with Crippen molar-refractivity contribution in [1.29, 1.82) is 0 Å². The first-order valence-electron chi connectivity index (χ1n) is 10.5. The van der Waals surface area contributed by atoms with Crippen molar-refractivity contribution in [3.63, 3.8) is 0 Å². The van der Waals surface area contributed by atoms with Crippen LogP contribution in [0, 0.1) is 0 Å². The Hall–Kier alpha value is -0.703. The molecule has 0 saturated heterocycles. The molecule has 0 spiro atoms. The highest BCUT2D eigenvalue weighted by molar-refractivity contribution is 7.90. The van der Waals surface area contributed by atoms with Crippen LogP contribution >= 0.6 is 0 Å². The van der Waals surface area contributed by atoms with E-state index in [1.807, 2.05) is 0 Å². The van der Waals surface area contributed by atoms with E-state index in [9.17, 15) is 53.0 Å². The van der Waals surface area contributed by atoms with Crippen LogP contribution in [0.3, 0.4) is 0 Å². The number of halogens is 9. The minimum atomic E-state index is -7.37. The van der Waals surface area contributed by atoms with Crippen molar-refractivity contribution in [2.45, 2.75) is 62.6 Å². The zero-order valence-electron chi connectivity index (χ0n) is 19.9. The molecule has 0 aromatic heterocycles. The Labute approximate surface area is 204 Å². The second kappa shape index (κ2) is 13.4. The van der Waals surface area contributed by atoms with E-state index in [4.69, 9.17) is 18.0 Å². The van der Waals surface area contributed by atoms with E-state index in [2.05, 4.69) is 0 Å². The number of likely N-dealkylation sites (N-methyl/N-ethyl adjacent to an activating group) is 1. The lowest BCUT2D eigenvalue weighted by Crippen LogP contribution is -2.65. The summed E-state index contributed by atoms with van der Waals surface area (Å²) < 4.78 is 162. The van der Waals surface area contributed by atoms with Gasteiger partial charge in [-0.05, 0) is 27.2 Å². The van der Waals surface area contributed by atoms with Crippen LogP contribution in [0.5, 0.6) is 0 Å². The molecule has 0 fully saturated rings. The Morgan fingerprint density at radius 1 is 0.861 bits per heavy atom. The molecule has 0 bridgehead atoms. The number of aliphatic hydroxyl groups is 1. The maximum absolute atomic E-state index is 13.9. The quantitative estimate of drug-likeness (QED) is 0.148. The summed E-state index contributed by atoms with van der Waals surface area (Å²) in [5, 5.41) is 2.92. The third kappa shape index (κ3) is 7.90. The minimum Gasteiger partial charge on any atom is -0.389 e. The molecule has 0 saturated carbocycles. The first-order valence-corrected chi connectivity index (χ1v) is 13.9. The number of nitrogens with zero attached hydrogens (tertiary/aromatic N) is 1. The molecule has 0 heterocycles. The summed E-state index contributed by atoms with van der Waals surface area (Å²) in [6, 6.07) is 0.279. The summed E-state index contributed by atoms with van der Waals surface area (Å²) in [5.74, 6) is -14.7. The predicted molar refractivity (Wildman–Crippen MR) is 109 cm³/mol. The topological polar surface area (TPSA) is 94.5 Å². The fourth-order valence-corrected chi connectivity index (χ4v) is 6.57. The van der Waals surface area contributed by atoms with Crippen LogP contribution in [0.2, 0.25) is 6.04 Å². The number of alkyl halides is 9. The fourth-order valence-electron chi connectivity index (χ4n) is 2.78. The molecule has 1 N–H and O–H groups in total. The molecule has 0 aromatic carbocycles. The molecule has 0 rings (SSSR count). The summed E-state index contributed by atoms with van der Waals surface area (Å²) in [7, 11) is -9.62. The number of aliphatic hydroxyl groups excluding tert-OH is 1. The lowest BCUT2D eigenvalue weighted by Gasteiger charge is -2.35. The van der Waals surface area contributed by atoms with Gasteiger partial charge >= 0.3 is 32.1 Å². The van der Waals surface area contributed by atoms with Crippen LogP contribution in [0.4, 0.5) is 39.5 Å². The van der Waals surface area contributed by atoms with Crippen LogP contribution < -0.4 is 0 Å². The molecule has 0 aliphatic rings. The first-order chi connectivity index (χ1) is 16.2. The highest BCUT2D eigenvalue weighted by Crippen LogP contribution is 2.55. The molecule has 0 aromatic rings. The van der Waals surface area contributed by atoms with Gasteiger partial charge in [0, 0.05) is 46.1 Å². The maximum Gasteiger partial charge on any atom is 0.501 e. The average Bonchev–Trinajstić information content (AvgIpc) is 2.72. The van der Waals surface area contributed by atoms with Gasteiger partial charge in [0.2, 0.25) is 0 Å². The average molecular weight is 592 g/mol. The van der Waals surface area contributed by atoms with E-state index >= 15 is 0 Å². The highest BCUT2D eigenvalue weighted by Gasteiger charge is 2.85. The van der Waals surface area contributed by atoms with E-state index in [1.165, 1.54) is 0 Å². The van der Waals surface area contributed by atoms with Gasteiger partial charge in [0.15, 0.2) is 0 Å². The number of ether oxygens (including phenoxy) is 1. The van der Waals surface area contributed by atoms with Crippen molar-refractivity contribution < 1.29 is 71.1 Å². The molecule has 1 atom stereocenters. The van der Waals surface area contributed by atoms with Crippen molar-refractivity contribution in [3.05, 3.63) is 0 Å². The zero-order chi connectivity index (χ0) is 28.6. The van der Waals surface area contributed by atoms with Crippen LogP contribution in [-0.4, -0.2) is 103 Å². The minimum absolute atomic E-state index is 0.0957. The van der Waals surface area contributed by atoms with E-state index < -0.39 is 65.7 Å². The Balaban J connectivity index is 5.12. The summed E-state index contributed by atoms with van der Waals surface area (Å²) in [4.78, 5) is 0. The highest BCUT2D eigenvalue weighted by atomic mass is 32.2. The lowest BCUT2D eigenvalue weighted by molar-refractivity contribution is -0.382. The summed E-state index contributed by atoms with van der Waals surface area (Å²) >= 11 is 0. The molecule has 0 aliphatic heterocycles. The molecule has 1 unspecified atom stereocenters. The van der Waals surface area contributed by atoms with E-state index in [0.717, 1.165) is 0 Å². The van der Waals surface area contributed by atoms with E-state index in [1.54, 1.807) is 20.8 Å². The number of hydrogen-bond donors (Lipinski definition) is 1. The normalized spacial score (nSPS) is 15.5. The number of hydrogen-bond acceptors (Lipinski definition) is 7. The van der Waals surface area contributed by atoms with Crippen molar-refractivity contribution >= 4 is 18.8 Å². The van der Waals surface area contributed by atoms with Crippen molar-refractivity contribution in [1.82, 2.24) is 4.31 Å². The van der Waals surface area contributed by atoms with Gasteiger partial charge in [-0.25, -0.2) is 8.42 Å². The molecular formula is C17H30F9NO7SSi. The van der Waals surface area contributed by atoms with Crippen LogP contribution in [0.25, 0.3) is 0 Å². The molecule has 218 valence electrons. The standard InChI is InChI=1S/C17H30F9NO7SSi/c1-5-32-36(33-6-2,34-7-3)10-8-9-31-12-13(28)11-27(4)35(29,30)17(25,26)15(20,21)14(18,19)16(22,23)24/h13,28H,5-12H2,1-4H3. The van der Waals surface area contributed by atoms with Gasteiger partial charge in [0.05, 0.1) is 12.7 Å². The summed E-state index contributed by atoms with van der Waals surface area (Å²) in [6.07, 6.45) is -8.84. The zero-order valence-corrected chi connectivity index (χ0v) is 21.7. The molecule has 8 nitrogen and oxygen atoms in total. The number of rotatable bonds is 18. The number of sulfonamides is 1. The first kappa shape index (κ1) is 35.3. The molecule has 0 aliphatic carbocycles. The summed E-state index contributed by atoms with van der Waals surface area (Å²) in [5.41, 5.74) is 0. The second-order valence-electron chi connectivity index (χ2n) is 7.26. The van der Waals surface area contributed by atoms with Gasteiger partial charge in [-0.2, -0.15) is 43.8 Å². The van der Waals surface area contributed by atoms with E-state index in [-0.39, 0.29) is 26.1 Å². The Kier molecular flexibility index (Phi) is 13.1. The van der Waals surface area contributed by atoms with Gasteiger partial charge in [0.1, 0.15) is 0 Å². The smallest absolute Gasteiger partial charge is 0.389 e. The van der Waals surface area contributed by atoms with Gasteiger partial charge < -0.3 is 23.1 Å². The molecule has 0 amide bonds. The predicted octanol–water partition coefficient (Wildman–Crippen LogP) is 3.49. The van der Waals surface area contributed by atoms with E-state index in [0.29, 0.717) is 19.8 Å². The van der Waals surface area contributed by atoms with Crippen LogP contribution in [0.15, 0.2) is 0 Å². The third-order valence-corrected chi connectivity index (χ3v) is 9.52. The largest absolute Gasteiger partial charge is 0.501 e. The van der Waals surface area contributed by atoms with Crippen LogP contribution in [0.1, 0.15) is 27.2 Å². The van der Waals surface area contributed by atoms with Gasteiger partial charge in [-0.15, -0.1) is 0 Å². The van der Waals surface area contributed by atoms with Crippen LogP contribution in [-0.2, 0) is 28.0 Å². The molecule has 19 heteroatoms. The summed E-state index contributed by atoms with van der Waals surface area (Å²) in [6.45, 7) is 3.87. The van der Waals surface area contributed by atoms with Gasteiger partial charge in [0.25, 0.3) is 10.0 Å². The maximum atomic E-state index is 13.9. The van der Waals surface area contributed by atoms with Crippen molar-refractivity contribution in [2.24, 2.45) is 0 Å².